The number of anilines is 1. The number of benzene rings is 1. The van der Waals surface area contributed by atoms with Crippen molar-refractivity contribution in [2.45, 2.75) is 0 Å². The fourth-order valence-corrected chi connectivity index (χ4v) is 4.04. The first-order valence-corrected chi connectivity index (χ1v) is 8.56. The van der Waals surface area contributed by atoms with Crippen molar-refractivity contribution >= 4 is 11.9 Å². The summed E-state index contributed by atoms with van der Waals surface area (Å²) < 4.78 is 28.9. The Hall–Kier alpha value is -3.29. The molecule has 0 amide bonds. The van der Waals surface area contributed by atoms with Gasteiger partial charge in [-0.15, -0.1) is 0 Å². The molecule has 0 saturated carbocycles. The Bertz CT molecular complexity index is 1040. The number of aliphatic imine (C=N–C) groups is 1. The van der Waals surface area contributed by atoms with E-state index in [2.05, 4.69) is 10.3 Å². The zero-order valence-corrected chi connectivity index (χ0v) is 14.5. The van der Waals surface area contributed by atoms with Crippen LogP contribution >= 0.6 is 0 Å². The lowest BCUT2D eigenvalue weighted by atomic mass is 9.86. The Labute approximate surface area is 154 Å². The highest BCUT2D eigenvalue weighted by atomic mass is 19.1. The fourth-order valence-electron chi connectivity index (χ4n) is 4.04. The van der Waals surface area contributed by atoms with Gasteiger partial charge in [0.05, 0.1) is 23.2 Å². The molecule has 6 nitrogen and oxygen atoms in total. The summed E-state index contributed by atoms with van der Waals surface area (Å²) in [5, 5.41) is 3.22. The van der Waals surface area contributed by atoms with E-state index in [-0.39, 0.29) is 11.6 Å². The predicted octanol–water partition coefficient (Wildman–Crippen LogP) is 2.59. The van der Waals surface area contributed by atoms with Gasteiger partial charge < -0.3 is 15.1 Å². The van der Waals surface area contributed by atoms with E-state index in [9.17, 15) is 13.7 Å². The maximum absolute atomic E-state index is 14.6. The molecule has 0 bridgehead atoms. The van der Waals surface area contributed by atoms with E-state index in [1.165, 1.54) is 12.1 Å². The Kier molecular flexibility index (Phi) is 3.30. The van der Waals surface area contributed by atoms with E-state index < -0.39 is 11.6 Å². The molecule has 0 aliphatic carbocycles. The molecule has 0 aromatic heterocycles. The van der Waals surface area contributed by atoms with Crippen molar-refractivity contribution < 1.29 is 13.5 Å². The van der Waals surface area contributed by atoms with Crippen LogP contribution in [0.3, 0.4) is 0 Å². The molecule has 1 atom stereocenters. The first kappa shape index (κ1) is 15.9. The fraction of sp³-hybridized carbons (Fsp3) is 0.211. The third-order valence-electron chi connectivity index (χ3n) is 5.13. The normalized spacial score (nSPS) is 23.3. The average Bonchev–Trinajstić information content (AvgIpc) is 2.88. The lowest BCUT2D eigenvalue weighted by Crippen LogP contribution is -2.36. The highest BCUT2D eigenvalue weighted by molar-refractivity contribution is 5.89. The SMILES string of the molecule is CN1C=C2C3=C(NCN=C3)N(c3ccc(F)cc3F)CC3=C[N+](=O)C(=C1)C32. The molecule has 0 radical (unpaired) electrons. The molecular weight excluding hydrogens is 352 g/mol. The first-order valence-electron chi connectivity index (χ1n) is 8.56. The number of halogens is 2. The quantitative estimate of drug-likeness (QED) is 0.775. The third-order valence-corrected chi connectivity index (χ3v) is 5.13. The molecule has 1 aromatic rings. The van der Waals surface area contributed by atoms with Crippen LogP contribution in [0.25, 0.3) is 0 Å². The van der Waals surface area contributed by atoms with Crippen LogP contribution in [0.2, 0.25) is 0 Å². The smallest absolute Gasteiger partial charge is 0.267 e. The lowest BCUT2D eigenvalue weighted by molar-refractivity contribution is -0.421. The molecule has 4 aliphatic heterocycles. The summed E-state index contributed by atoms with van der Waals surface area (Å²) in [4.78, 5) is 20.3. The van der Waals surface area contributed by atoms with Crippen LogP contribution < -0.4 is 10.2 Å². The minimum Gasteiger partial charge on any atom is -0.352 e. The highest BCUT2D eigenvalue weighted by Crippen LogP contribution is 2.45. The Morgan fingerprint density at radius 1 is 1.30 bits per heavy atom. The molecule has 4 heterocycles. The molecule has 0 fully saturated rings. The summed E-state index contributed by atoms with van der Waals surface area (Å²) in [5.74, 6) is -0.796. The van der Waals surface area contributed by atoms with Crippen LogP contribution in [-0.4, -0.2) is 36.1 Å². The summed E-state index contributed by atoms with van der Waals surface area (Å²) in [6.07, 6.45) is 7.05. The number of nitrogens with one attached hydrogen (secondary N) is 1. The van der Waals surface area contributed by atoms with E-state index in [0.29, 0.717) is 24.7 Å². The van der Waals surface area contributed by atoms with Crippen LogP contribution in [0.1, 0.15) is 0 Å². The summed E-state index contributed by atoms with van der Waals surface area (Å²) in [6.45, 7) is 0.672. The molecule has 5 rings (SSSR count). The van der Waals surface area contributed by atoms with Gasteiger partial charge in [-0.2, -0.15) is 0 Å². The van der Waals surface area contributed by atoms with E-state index in [1.54, 1.807) is 23.5 Å². The molecule has 1 N–H and O–H groups in total. The largest absolute Gasteiger partial charge is 0.352 e. The van der Waals surface area contributed by atoms with Crippen molar-refractivity contribution in [1.29, 1.82) is 0 Å². The monoisotopic (exact) mass is 368 g/mol. The topological polar surface area (TPSA) is 50.9 Å². The molecule has 8 heteroatoms. The van der Waals surface area contributed by atoms with Gasteiger partial charge in [0.15, 0.2) is 0 Å². The van der Waals surface area contributed by atoms with Gasteiger partial charge in [-0.3, -0.25) is 4.99 Å². The summed E-state index contributed by atoms with van der Waals surface area (Å²) in [5.41, 5.74) is 3.44. The Balaban J connectivity index is 1.74. The van der Waals surface area contributed by atoms with Crippen molar-refractivity contribution in [1.82, 2.24) is 10.2 Å². The van der Waals surface area contributed by atoms with Gasteiger partial charge in [0.2, 0.25) is 6.20 Å². The van der Waals surface area contributed by atoms with Crippen molar-refractivity contribution in [3.8, 4) is 0 Å². The summed E-state index contributed by atoms with van der Waals surface area (Å²) in [6, 6.07) is 3.51. The number of nitrogens with zero attached hydrogens (tertiary/aromatic N) is 4. The molecule has 0 spiro atoms. The molecule has 4 aliphatic rings. The maximum atomic E-state index is 14.6. The summed E-state index contributed by atoms with van der Waals surface area (Å²) >= 11 is 0. The van der Waals surface area contributed by atoms with Crippen LogP contribution in [0, 0.1) is 22.5 Å². The Morgan fingerprint density at radius 3 is 2.96 bits per heavy atom. The van der Waals surface area contributed by atoms with Gasteiger partial charge in [0.1, 0.15) is 30.0 Å². The minimum atomic E-state index is -0.657. The van der Waals surface area contributed by atoms with Crippen molar-refractivity contribution in [2.24, 2.45) is 10.9 Å². The Morgan fingerprint density at radius 2 is 2.15 bits per heavy atom. The predicted molar refractivity (Wildman–Crippen MR) is 96.4 cm³/mol. The standard InChI is InChI=1S/C19H16F2N5O/c1-24-8-14-13-5-22-10-23-19(13)25(16-3-2-12(20)4-15(16)21)6-11-7-26(27)17(9-24)18(11)14/h2-5,7-9,18,23H,6,10H2,1H3/q+1. The first-order chi connectivity index (χ1) is 13.0. The van der Waals surface area contributed by atoms with Crippen LogP contribution in [0.5, 0.6) is 0 Å². The third kappa shape index (κ3) is 2.33. The van der Waals surface area contributed by atoms with E-state index >= 15 is 0 Å². The zero-order valence-electron chi connectivity index (χ0n) is 14.5. The van der Waals surface area contributed by atoms with Crippen LogP contribution in [-0.2, 0) is 0 Å². The highest BCUT2D eigenvalue weighted by Gasteiger charge is 2.47. The lowest BCUT2D eigenvalue weighted by Gasteiger charge is -2.29. The molecule has 136 valence electrons. The molecule has 1 aromatic carbocycles. The number of hydrogen-bond acceptors (Lipinski definition) is 5. The minimum absolute atomic E-state index is 0.205. The van der Waals surface area contributed by atoms with Crippen molar-refractivity contribution in [2.75, 3.05) is 25.2 Å². The average molecular weight is 368 g/mol. The van der Waals surface area contributed by atoms with E-state index in [1.807, 2.05) is 18.1 Å². The number of hydrogen-bond donors (Lipinski definition) is 1. The zero-order chi connectivity index (χ0) is 18.7. The van der Waals surface area contributed by atoms with E-state index in [0.717, 1.165) is 27.5 Å². The van der Waals surface area contributed by atoms with Gasteiger partial charge in [-0.1, -0.05) is 0 Å². The second-order valence-corrected chi connectivity index (χ2v) is 6.86. The molecule has 0 saturated heterocycles. The molecular formula is C19H16F2N5O+. The maximum Gasteiger partial charge on any atom is 0.267 e. The van der Waals surface area contributed by atoms with Gasteiger partial charge in [-0.25, -0.2) is 8.78 Å². The van der Waals surface area contributed by atoms with Gasteiger partial charge in [-0.05, 0) is 17.7 Å². The summed E-state index contributed by atoms with van der Waals surface area (Å²) in [7, 11) is 1.86. The molecule has 27 heavy (non-hydrogen) atoms. The van der Waals surface area contributed by atoms with Crippen molar-refractivity contribution in [3.05, 3.63) is 81.6 Å². The number of nitroso groups, excluding NO2 is 1. The number of allylic oxidation sites excluding steroid dienone is 2. The van der Waals surface area contributed by atoms with Crippen molar-refractivity contribution in [3.63, 3.8) is 0 Å². The number of rotatable bonds is 1. The van der Waals surface area contributed by atoms with Gasteiger partial charge in [0.25, 0.3) is 5.70 Å². The molecule has 1 unspecified atom stereocenters. The van der Waals surface area contributed by atoms with E-state index in [4.69, 9.17) is 0 Å². The van der Waals surface area contributed by atoms with Gasteiger partial charge >= 0.3 is 0 Å². The second kappa shape index (κ2) is 5.60. The number of fused-ring (bicyclic) bond motifs is 1. The van der Waals surface area contributed by atoms with Crippen LogP contribution in [0.4, 0.5) is 14.5 Å². The van der Waals surface area contributed by atoms with Gasteiger partial charge in [0, 0.05) is 41.6 Å². The van der Waals surface area contributed by atoms with Crippen LogP contribution in [0.15, 0.2) is 70.0 Å². The second-order valence-electron chi connectivity index (χ2n) is 6.86.